The molecule has 4 aromatic rings. The van der Waals surface area contributed by atoms with Gasteiger partial charge in [-0.3, -0.25) is 4.79 Å². The fourth-order valence-corrected chi connectivity index (χ4v) is 4.43. The molecule has 0 saturated carbocycles. The van der Waals surface area contributed by atoms with Crippen molar-refractivity contribution in [1.82, 2.24) is 25.1 Å². The molecule has 0 bridgehead atoms. The predicted octanol–water partition coefficient (Wildman–Crippen LogP) is 4.10. The molecule has 0 radical (unpaired) electrons. The van der Waals surface area contributed by atoms with Crippen molar-refractivity contribution in [2.24, 2.45) is 5.92 Å². The van der Waals surface area contributed by atoms with Gasteiger partial charge in [-0.05, 0) is 67.6 Å². The number of nitrogens with one attached hydrogen (secondary N) is 1. The summed E-state index contributed by atoms with van der Waals surface area (Å²) in [5.41, 5.74) is 4.89. The molecule has 0 spiro atoms. The third-order valence-electron chi connectivity index (χ3n) is 6.52. The van der Waals surface area contributed by atoms with E-state index in [4.69, 9.17) is 0 Å². The summed E-state index contributed by atoms with van der Waals surface area (Å²) in [6, 6.07) is 12.4. The van der Waals surface area contributed by atoms with Crippen molar-refractivity contribution in [2.45, 2.75) is 33.2 Å². The molecule has 5 rings (SSSR count). The number of amides is 1. The number of halogens is 1. The van der Waals surface area contributed by atoms with Gasteiger partial charge in [-0.1, -0.05) is 18.2 Å². The molecule has 1 atom stereocenters. The summed E-state index contributed by atoms with van der Waals surface area (Å²) in [5, 5.41) is 8.45. The lowest BCUT2D eigenvalue weighted by molar-refractivity contribution is -0.125. The number of aromatic nitrogens is 4. The molecule has 34 heavy (non-hydrogen) atoms. The number of nitrogens with zero attached hydrogens (tertiary/aromatic N) is 5. The lowest BCUT2D eigenvalue weighted by Gasteiger charge is -2.33. The molecule has 2 aromatic carbocycles. The molecule has 0 unspecified atom stereocenters. The van der Waals surface area contributed by atoms with Crippen LogP contribution >= 0.6 is 0 Å². The van der Waals surface area contributed by atoms with Gasteiger partial charge in [0.05, 0.1) is 17.0 Å². The first-order valence-corrected chi connectivity index (χ1v) is 11.5. The second-order valence-corrected chi connectivity index (χ2v) is 8.91. The quantitative estimate of drug-likeness (QED) is 0.487. The SMILES string of the molecule is Cc1ccc(CNC(=O)[C@@H]2CCCN(c3ncnc4nn(-c5ccc(F)cc5)cc34)C2)cc1C. The second-order valence-electron chi connectivity index (χ2n) is 8.91. The van der Waals surface area contributed by atoms with E-state index in [1.165, 1.54) is 29.6 Å². The van der Waals surface area contributed by atoms with Gasteiger partial charge in [-0.15, -0.1) is 5.10 Å². The number of carbonyl (C=O) groups is 1. The second kappa shape index (κ2) is 9.21. The minimum Gasteiger partial charge on any atom is -0.355 e. The molecule has 7 nitrogen and oxygen atoms in total. The Morgan fingerprint density at radius 2 is 1.94 bits per heavy atom. The van der Waals surface area contributed by atoms with Gasteiger partial charge < -0.3 is 10.2 Å². The first kappa shape index (κ1) is 22.0. The van der Waals surface area contributed by atoms with Gasteiger partial charge >= 0.3 is 0 Å². The molecular formula is C26H27FN6O. The highest BCUT2D eigenvalue weighted by Crippen LogP contribution is 2.28. The highest BCUT2D eigenvalue weighted by atomic mass is 19.1. The first-order valence-electron chi connectivity index (χ1n) is 11.5. The van der Waals surface area contributed by atoms with Crippen molar-refractivity contribution in [3.05, 3.63) is 77.5 Å². The summed E-state index contributed by atoms with van der Waals surface area (Å²) in [6.45, 7) is 6.10. The van der Waals surface area contributed by atoms with E-state index < -0.39 is 0 Å². The topological polar surface area (TPSA) is 75.9 Å². The van der Waals surface area contributed by atoms with E-state index in [-0.39, 0.29) is 17.6 Å². The molecule has 2 aromatic heterocycles. The monoisotopic (exact) mass is 458 g/mol. The van der Waals surface area contributed by atoms with Gasteiger partial charge in [0, 0.05) is 25.8 Å². The molecular weight excluding hydrogens is 431 g/mol. The predicted molar refractivity (Wildman–Crippen MR) is 129 cm³/mol. The summed E-state index contributed by atoms with van der Waals surface area (Å²) < 4.78 is 15.0. The maximum Gasteiger partial charge on any atom is 0.225 e. The van der Waals surface area contributed by atoms with E-state index >= 15 is 0 Å². The Morgan fingerprint density at radius 1 is 1.12 bits per heavy atom. The van der Waals surface area contributed by atoms with Crippen molar-refractivity contribution in [3.63, 3.8) is 0 Å². The maximum atomic E-state index is 13.3. The van der Waals surface area contributed by atoms with Gasteiger partial charge in [0.2, 0.25) is 5.91 Å². The number of hydrogen-bond donors (Lipinski definition) is 1. The lowest BCUT2D eigenvalue weighted by Crippen LogP contribution is -2.43. The van der Waals surface area contributed by atoms with Crippen molar-refractivity contribution in [1.29, 1.82) is 0 Å². The van der Waals surface area contributed by atoms with Crippen LogP contribution in [0.2, 0.25) is 0 Å². The van der Waals surface area contributed by atoms with Crippen molar-refractivity contribution in [3.8, 4) is 5.69 Å². The van der Waals surface area contributed by atoms with Crippen LogP contribution in [0.5, 0.6) is 0 Å². The van der Waals surface area contributed by atoms with Crippen LogP contribution in [0.4, 0.5) is 10.2 Å². The summed E-state index contributed by atoms with van der Waals surface area (Å²) in [5.74, 6) is 0.425. The van der Waals surface area contributed by atoms with E-state index in [0.717, 1.165) is 41.8 Å². The largest absolute Gasteiger partial charge is 0.355 e. The van der Waals surface area contributed by atoms with Gasteiger partial charge in [-0.25, -0.2) is 19.0 Å². The van der Waals surface area contributed by atoms with Gasteiger partial charge in [0.15, 0.2) is 5.65 Å². The van der Waals surface area contributed by atoms with E-state index in [1.807, 2.05) is 6.20 Å². The first-order chi connectivity index (χ1) is 16.5. The van der Waals surface area contributed by atoms with E-state index in [0.29, 0.717) is 18.7 Å². The van der Waals surface area contributed by atoms with Crippen LogP contribution in [0.1, 0.15) is 29.5 Å². The number of aryl methyl sites for hydroxylation is 2. The van der Waals surface area contributed by atoms with Crippen LogP contribution in [-0.4, -0.2) is 38.7 Å². The number of fused-ring (bicyclic) bond motifs is 1. The summed E-state index contributed by atoms with van der Waals surface area (Å²) >= 11 is 0. The Bertz CT molecular complexity index is 1330. The maximum absolute atomic E-state index is 13.3. The smallest absolute Gasteiger partial charge is 0.225 e. The minimum absolute atomic E-state index is 0.0650. The van der Waals surface area contributed by atoms with Gasteiger partial charge in [-0.2, -0.15) is 0 Å². The van der Waals surface area contributed by atoms with Crippen molar-refractivity contribution in [2.75, 3.05) is 18.0 Å². The number of rotatable bonds is 5. The third kappa shape index (κ3) is 4.48. The zero-order chi connectivity index (χ0) is 23.7. The molecule has 0 aliphatic carbocycles. The number of carbonyl (C=O) groups excluding carboxylic acids is 1. The third-order valence-corrected chi connectivity index (χ3v) is 6.52. The number of piperidine rings is 1. The minimum atomic E-state index is -0.295. The van der Waals surface area contributed by atoms with Crippen LogP contribution < -0.4 is 10.2 Å². The van der Waals surface area contributed by atoms with E-state index in [9.17, 15) is 9.18 Å². The molecule has 1 saturated heterocycles. The standard InChI is InChI=1S/C26H27FN6O/c1-17-5-6-19(12-18(17)2)13-28-26(34)20-4-3-11-32(14-20)25-23-15-33(31-24(23)29-16-30-25)22-9-7-21(27)8-10-22/h5-10,12,15-16,20H,3-4,11,13-14H2,1-2H3,(H,28,34)/t20-/m1/s1. The number of benzene rings is 2. The molecule has 1 amide bonds. The zero-order valence-electron chi connectivity index (χ0n) is 19.3. The highest BCUT2D eigenvalue weighted by molar-refractivity contribution is 5.87. The number of hydrogen-bond acceptors (Lipinski definition) is 5. The van der Waals surface area contributed by atoms with Crippen LogP contribution in [0.25, 0.3) is 16.7 Å². The van der Waals surface area contributed by atoms with Crippen molar-refractivity contribution < 1.29 is 9.18 Å². The normalized spacial score (nSPS) is 16.1. The fourth-order valence-electron chi connectivity index (χ4n) is 4.43. The van der Waals surface area contributed by atoms with Crippen LogP contribution in [0.15, 0.2) is 55.0 Å². The molecule has 1 aliphatic rings. The lowest BCUT2D eigenvalue weighted by atomic mass is 9.96. The summed E-state index contributed by atoms with van der Waals surface area (Å²) in [6.07, 6.45) is 5.11. The van der Waals surface area contributed by atoms with E-state index in [2.05, 4.69) is 57.3 Å². The van der Waals surface area contributed by atoms with Crippen LogP contribution in [-0.2, 0) is 11.3 Å². The molecule has 1 N–H and O–H groups in total. The Morgan fingerprint density at radius 3 is 2.74 bits per heavy atom. The number of anilines is 1. The Labute approximate surface area is 197 Å². The molecule has 1 aliphatic heterocycles. The zero-order valence-corrected chi connectivity index (χ0v) is 19.3. The molecule has 8 heteroatoms. The Hall–Kier alpha value is -3.81. The summed E-state index contributed by atoms with van der Waals surface area (Å²) in [4.78, 5) is 23.9. The molecule has 3 heterocycles. The average molecular weight is 459 g/mol. The van der Waals surface area contributed by atoms with Crippen molar-refractivity contribution >= 4 is 22.8 Å². The Balaban J connectivity index is 1.31. The average Bonchev–Trinajstić information content (AvgIpc) is 3.29. The Kier molecular flexibility index (Phi) is 5.96. The van der Waals surface area contributed by atoms with Crippen LogP contribution in [0, 0.1) is 25.6 Å². The highest BCUT2D eigenvalue weighted by Gasteiger charge is 2.28. The van der Waals surface area contributed by atoms with Gasteiger partial charge in [0.1, 0.15) is 18.0 Å². The van der Waals surface area contributed by atoms with Gasteiger partial charge in [0.25, 0.3) is 0 Å². The fraction of sp³-hybridized carbons (Fsp3) is 0.308. The van der Waals surface area contributed by atoms with E-state index in [1.54, 1.807) is 16.8 Å². The molecule has 1 fully saturated rings. The van der Waals surface area contributed by atoms with Crippen LogP contribution in [0.3, 0.4) is 0 Å². The summed E-state index contributed by atoms with van der Waals surface area (Å²) in [7, 11) is 0. The molecule has 174 valence electrons.